The van der Waals surface area contributed by atoms with Crippen molar-refractivity contribution < 1.29 is 68.1 Å². The van der Waals surface area contributed by atoms with Crippen LogP contribution in [0.2, 0.25) is 0 Å². The molecule has 1 aromatic carbocycles. The molecule has 57 heavy (non-hydrogen) atoms. The van der Waals surface area contributed by atoms with E-state index in [1.807, 2.05) is 20.8 Å². The summed E-state index contributed by atoms with van der Waals surface area (Å²) in [6, 6.07) is 6.69. The smallest absolute Gasteiger partial charge is 0.407 e. The Bertz CT molecular complexity index is 1790. The Labute approximate surface area is 333 Å². The summed E-state index contributed by atoms with van der Waals surface area (Å²) in [6.07, 6.45) is -11.1. The van der Waals surface area contributed by atoms with Crippen molar-refractivity contribution in [2.45, 2.75) is 155 Å². The second-order valence-electron chi connectivity index (χ2n) is 19.1. The molecule has 1 aliphatic heterocycles. The third kappa shape index (κ3) is 7.85. The number of aliphatic hydroxyl groups excluding tert-OH is 3. The Morgan fingerprint density at radius 1 is 1.00 bits per heavy atom. The second-order valence-corrected chi connectivity index (χ2v) is 19.1. The minimum atomic E-state index is -2.33. The van der Waals surface area contributed by atoms with Gasteiger partial charge < -0.3 is 49.4 Å². The monoisotopic (exact) mass is 801 g/mol. The number of esters is 3. The standard InChI is InChI=1S/C42H59NO14/c1-21-25(54-35(50)29(46)24(18-37(3,4)5)43-36(51)57-38(6,7)8)19-42(52)33(55-34(49)23-15-13-12-14-16-23)31-40(11,32(48)30(47)28(21)39(42,9)10)26(45)17-27-41(31,20-53-27)56-22(2)44/h12-16,24-27,29-31,33,45-47,52H,17-20H2,1-11H3,(H,43,51)/t24-,25+,26+,27?,29-,30-,31+,33+,40-,41+,42-/m1/s1. The fraction of sp³-hybridized carbons (Fsp3) is 0.690. The van der Waals surface area contributed by atoms with Crippen LogP contribution in [0, 0.1) is 22.2 Å². The molecular formula is C42H59NO14. The van der Waals surface area contributed by atoms with Gasteiger partial charge in [0.05, 0.1) is 35.6 Å². The van der Waals surface area contributed by atoms with Crippen LogP contribution in [0.5, 0.6) is 0 Å². The fourth-order valence-electron chi connectivity index (χ4n) is 9.51. The maximum atomic E-state index is 14.9. The van der Waals surface area contributed by atoms with E-state index in [1.165, 1.54) is 26.0 Å². The first kappa shape index (κ1) is 44.2. The second kappa shape index (κ2) is 15.0. The normalized spacial score (nSPS) is 34.5. The molecule has 1 aromatic rings. The maximum Gasteiger partial charge on any atom is 0.407 e. The topological polar surface area (TPSA) is 224 Å². The van der Waals surface area contributed by atoms with Crippen LogP contribution in [-0.4, -0.2) is 116 Å². The summed E-state index contributed by atoms with van der Waals surface area (Å²) in [7, 11) is 0. The molecule has 0 radical (unpaired) electrons. The number of nitrogens with one attached hydrogen (secondary N) is 1. The molecule has 3 fully saturated rings. The Hall–Kier alpha value is -3.89. The van der Waals surface area contributed by atoms with Gasteiger partial charge in [-0.05, 0) is 69.7 Å². The summed E-state index contributed by atoms with van der Waals surface area (Å²) in [4.78, 5) is 68.7. The third-order valence-corrected chi connectivity index (χ3v) is 12.3. The van der Waals surface area contributed by atoms with Crippen LogP contribution in [0.1, 0.15) is 106 Å². The average molecular weight is 802 g/mol. The number of fused-ring (bicyclic) bond motifs is 5. The van der Waals surface area contributed by atoms with Crippen LogP contribution in [0.25, 0.3) is 0 Å². The largest absolute Gasteiger partial charge is 0.456 e. The summed E-state index contributed by atoms with van der Waals surface area (Å²) >= 11 is 0. The molecule has 5 N–H and O–H groups in total. The Balaban J connectivity index is 1.66. The number of ketones is 1. The van der Waals surface area contributed by atoms with Crippen LogP contribution >= 0.6 is 0 Å². The molecule has 1 heterocycles. The molecule has 2 saturated carbocycles. The highest BCUT2D eigenvalue weighted by Gasteiger charge is 2.78. The van der Waals surface area contributed by atoms with E-state index in [1.54, 1.807) is 52.8 Å². The molecule has 1 saturated heterocycles. The van der Waals surface area contributed by atoms with Crippen LogP contribution in [-0.2, 0) is 38.1 Å². The first-order valence-corrected chi connectivity index (χ1v) is 19.4. The van der Waals surface area contributed by atoms with Gasteiger partial charge in [-0.1, -0.05) is 52.8 Å². The van der Waals surface area contributed by atoms with Gasteiger partial charge in [0, 0.05) is 25.2 Å². The molecule has 15 nitrogen and oxygen atoms in total. The summed E-state index contributed by atoms with van der Waals surface area (Å²) in [6.45, 7) is 17.4. The van der Waals surface area contributed by atoms with Crippen LogP contribution in [0.4, 0.5) is 4.79 Å². The quantitative estimate of drug-likeness (QED) is 0.145. The molecule has 15 heteroatoms. The first-order valence-electron chi connectivity index (χ1n) is 19.4. The van der Waals surface area contributed by atoms with Crippen molar-refractivity contribution in [3.8, 4) is 0 Å². The number of carbonyl (C=O) groups is 5. The predicted molar refractivity (Wildman–Crippen MR) is 202 cm³/mol. The number of carbonyl (C=O) groups excluding carboxylic acids is 5. The number of amides is 1. The highest BCUT2D eigenvalue weighted by molar-refractivity contribution is 5.94. The van der Waals surface area contributed by atoms with Crippen molar-refractivity contribution in [2.24, 2.45) is 22.2 Å². The molecule has 1 unspecified atom stereocenters. The lowest BCUT2D eigenvalue weighted by atomic mass is 9.44. The van der Waals surface area contributed by atoms with Gasteiger partial charge in [-0.3, -0.25) is 9.59 Å². The molecule has 0 aromatic heterocycles. The van der Waals surface area contributed by atoms with Gasteiger partial charge in [0.1, 0.15) is 35.6 Å². The number of hydrogen-bond donors (Lipinski definition) is 5. The van der Waals surface area contributed by atoms with Crippen molar-refractivity contribution in [1.82, 2.24) is 5.32 Å². The number of hydrogen-bond acceptors (Lipinski definition) is 14. The van der Waals surface area contributed by atoms with E-state index in [-0.39, 0.29) is 36.2 Å². The summed E-state index contributed by atoms with van der Waals surface area (Å²) < 4.78 is 29.5. The van der Waals surface area contributed by atoms with Crippen molar-refractivity contribution in [1.29, 1.82) is 0 Å². The number of rotatable bonds is 8. The van der Waals surface area contributed by atoms with Crippen molar-refractivity contribution in [3.63, 3.8) is 0 Å². The van der Waals surface area contributed by atoms with E-state index in [4.69, 9.17) is 23.7 Å². The van der Waals surface area contributed by atoms with E-state index < -0.39 is 118 Å². The van der Waals surface area contributed by atoms with E-state index in [0.717, 1.165) is 6.92 Å². The Morgan fingerprint density at radius 2 is 1.61 bits per heavy atom. The third-order valence-electron chi connectivity index (χ3n) is 12.3. The first-order chi connectivity index (χ1) is 26.1. The van der Waals surface area contributed by atoms with Gasteiger partial charge in [-0.25, -0.2) is 14.4 Å². The number of Topliss-reactive ketones (excluding diaryl/α,β-unsaturated/α-hetero) is 1. The van der Waals surface area contributed by atoms with E-state index in [9.17, 15) is 44.4 Å². The Kier molecular flexibility index (Phi) is 11.7. The molecule has 11 atom stereocenters. The predicted octanol–water partition coefficient (Wildman–Crippen LogP) is 3.32. The number of benzene rings is 1. The number of aliphatic hydroxyl groups is 4. The van der Waals surface area contributed by atoms with Crippen LogP contribution in [0.15, 0.2) is 41.5 Å². The molecule has 316 valence electrons. The van der Waals surface area contributed by atoms with Crippen molar-refractivity contribution >= 4 is 29.8 Å². The van der Waals surface area contributed by atoms with E-state index in [2.05, 4.69) is 5.32 Å². The Morgan fingerprint density at radius 3 is 2.14 bits per heavy atom. The zero-order chi connectivity index (χ0) is 42.8. The van der Waals surface area contributed by atoms with Crippen molar-refractivity contribution in [2.75, 3.05) is 6.61 Å². The van der Waals surface area contributed by atoms with Gasteiger partial charge in [0.25, 0.3) is 0 Å². The van der Waals surface area contributed by atoms with E-state index >= 15 is 0 Å². The maximum absolute atomic E-state index is 14.9. The van der Waals surface area contributed by atoms with Crippen molar-refractivity contribution in [3.05, 3.63) is 47.0 Å². The molecular weight excluding hydrogens is 742 g/mol. The van der Waals surface area contributed by atoms with E-state index in [0.29, 0.717) is 0 Å². The van der Waals surface area contributed by atoms with Gasteiger partial charge >= 0.3 is 24.0 Å². The lowest BCUT2D eigenvalue weighted by Gasteiger charge is -2.67. The van der Waals surface area contributed by atoms with Gasteiger partial charge in [0.15, 0.2) is 17.5 Å². The molecule has 1 amide bonds. The molecule has 0 spiro atoms. The molecule has 2 bridgehead atoms. The van der Waals surface area contributed by atoms with Crippen LogP contribution < -0.4 is 5.32 Å². The summed E-state index contributed by atoms with van der Waals surface area (Å²) in [5, 5.41) is 51.5. The lowest BCUT2D eigenvalue weighted by Crippen LogP contribution is -2.81. The SMILES string of the molecule is CC(=O)O[C@@]12COC1C[C@H](O)[C@@]1(C)C(=O)[C@H](O)C3=C(C)[C@@H](OC(=O)[C@H](O)[C@@H](CC(C)(C)C)NC(=O)OC(C)(C)C)C[C@@](O)([C@@H](OC(=O)c4ccccc4)[C@@H]12)C3(C)C. The minimum Gasteiger partial charge on any atom is -0.456 e. The average Bonchev–Trinajstić information content (AvgIpc) is 3.08. The molecule has 5 rings (SSSR count). The zero-order valence-electron chi connectivity index (χ0n) is 34.7. The minimum absolute atomic E-state index is 0.0483. The lowest BCUT2D eigenvalue weighted by molar-refractivity contribution is -0.346. The highest BCUT2D eigenvalue weighted by Crippen LogP contribution is 2.64. The summed E-state index contributed by atoms with van der Waals surface area (Å²) in [5.41, 5.74) is -8.84. The fourth-order valence-corrected chi connectivity index (χ4v) is 9.51. The van der Waals surface area contributed by atoms with Gasteiger partial charge in [-0.15, -0.1) is 0 Å². The summed E-state index contributed by atoms with van der Waals surface area (Å²) in [5.74, 6) is -5.27. The highest BCUT2D eigenvalue weighted by atomic mass is 16.6. The number of ether oxygens (including phenoxy) is 5. The van der Waals surface area contributed by atoms with Gasteiger partial charge in [-0.2, -0.15) is 0 Å². The van der Waals surface area contributed by atoms with Crippen LogP contribution in [0.3, 0.4) is 0 Å². The molecule has 3 aliphatic carbocycles. The molecule has 4 aliphatic rings. The zero-order valence-corrected chi connectivity index (χ0v) is 34.7. The number of alkyl carbamates (subject to hydrolysis) is 1. The van der Waals surface area contributed by atoms with Gasteiger partial charge in [0.2, 0.25) is 0 Å².